The zero-order chi connectivity index (χ0) is 13.2. The number of aliphatic hydroxyl groups is 1. The molecule has 18 heavy (non-hydrogen) atoms. The highest BCUT2D eigenvalue weighted by Gasteiger charge is 2.21. The molecule has 0 saturated carbocycles. The van der Waals surface area contributed by atoms with Gasteiger partial charge in [0.15, 0.2) is 0 Å². The van der Waals surface area contributed by atoms with Gasteiger partial charge in [0.1, 0.15) is 5.75 Å². The molecular formula is C15H23NO2. The van der Waals surface area contributed by atoms with Crippen molar-refractivity contribution in [1.29, 1.82) is 0 Å². The van der Waals surface area contributed by atoms with Crippen molar-refractivity contribution in [2.75, 3.05) is 13.7 Å². The average Bonchev–Trinajstić information content (AvgIpc) is 2.69. The number of fused-ring (bicyclic) bond motifs is 1. The highest BCUT2D eigenvalue weighted by Crippen LogP contribution is 2.33. The molecule has 1 unspecified atom stereocenters. The van der Waals surface area contributed by atoms with E-state index < -0.39 is 5.60 Å². The van der Waals surface area contributed by atoms with Crippen LogP contribution in [-0.2, 0) is 6.42 Å². The van der Waals surface area contributed by atoms with Gasteiger partial charge in [-0.15, -0.1) is 0 Å². The van der Waals surface area contributed by atoms with Crippen LogP contribution >= 0.6 is 0 Å². The molecule has 0 heterocycles. The second-order valence-electron chi connectivity index (χ2n) is 5.65. The minimum atomic E-state index is -0.659. The van der Waals surface area contributed by atoms with E-state index >= 15 is 0 Å². The Hall–Kier alpha value is -1.06. The van der Waals surface area contributed by atoms with Crippen molar-refractivity contribution in [2.24, 2.45) is 0 Å². The van der Waals surface area contributed by atoms with Crippen LogP contribution in [0, 0.1) is 0 Å². The fourth-order valence-corrected chi connectivity index (χ4v) is 2.40. The summed E-state index contributed by atoms with van der Waals surface area (Å²) < 4.78 is 5.70. The number of nitrogens with one attached hydrogen (secondary N) is 1. The number of aryl methyl sites for hydroxylation is 1. The third-order valence-electron chi connectivity index (χ3n) is 3.52. The van der Waals surface area contributed by atoms with Crippen LogP contribution in [0.2, 0.25) is 0 Å². The Balaban J connectivity index is 1.96. The van der Waals surface area contributed by atoms with E-state index in [0.717, 1.165) is 12.2 Å². The summed E-state index contributed by atoms with van der Waals surface area (Å²) in [7, 11) is 2.01. The van der Waals surface area contributed by atoms with Gasteiger partial charge in [0, 0.05) is 12.5 Å². The molecule has 0 aliphatic heterocycles. The number of ether oxygens (including phenoxy) is 1. The monoisotopic (exact) mass is 249 g/mol. The lowest BCUT2D eigenvalue weighted by Crippen LogP contribution is -2.21. The summed E-state index contributed by atoms with van der Waals surface area (Å²) in [5.74, 6) is 0.912. The molecule has 1 aliphatic rings. The van der Waals surface area contributed by atoms with E-state index in [0.29, 0.717) is 19.1 Å². The van der Waals surface area contributed by atoms with Crippen LogP contribution in [0.15, 0.2) is 18.2 Å². The second kappa shape index (κ2) is 5.29. The lowest BCUT2D eigenvalue weighted by atomic mass is 10.1. The highest BCUT2D eigenvalue weighted by molar-refractivity contribution is 5.40. The first-order valence-electron chi connectivity index (χ1n) is 6.65. The Morgan fingerprint density at radius 2 is 2.22 bits per heavy atom. The molecule has 3 heteroatoms. The summed E-state index contributed by atoms with van der Waals surface area (Å²) >= 11 is 0. The molecule has 0 spiro atoms. The van der Waals surface area contributed by atoms with E-state index in [4.69, 9.17) is 4.74 Å². The summed E-state index contributed by atoms with van der Waals surface area (Å²) in [6.07, 6.45) is 2.92. The van der Waals surface area contributed by atoms with Gasteiger partial charge >= 0.3 is 0 Å². The molecule has 100 valence electrons. The summed E-state index contributed by atoms with van der Waals surface area (Å²) in [4.78, 5) is 0. The summed E-state index contributed by atoms with van der Waals surface area (Å²) in [5, 5.41) is 13.0. The second-order valence-corrected chi connectivity index (χ2v) is 5.65. The zero-order valence-corrected chi connectivity index (χ0v) is 11.5. The predicted molar refractivity (Wildman–Crippen MR) is 73.0 cm³/mol. The third kappa shape index (κ3) is 3.24. The topological polar surface area (TPSA) is 41.5 Å². The van der Waals surface area contributed by atoms with Gasteiger partial charge < -0.3 is 15.2 Å². The molecule has 1 aliphatic carbocycles. The van der Waals surface area contributed by atoms with Gasteiger partial charge in [0.05, 0.1) is 12.2 Å². The van der Waals surface area contributed by atoms with Crippen molar-refractivity contribution in [3.05, 3.63) is 29.3 Å². The van der Waals surface area contributed by atoms with Crippen LogP contribution in [0.25, 0.3) is 0 Å². The maximum absolute atomic E-state index is 9.63. The molecule has 2 N–H and O–H groups in total. The fraction of sp³-hybridized carbons (Fsp3) is 0.600. The Morgan fingerprint density at radius 1 is 1.44 bits per heavy atom. The number of rotatable bonds is 5. The van der Waals surface area contributed by atoms with E-state index in [1.807, 2.05) is 13.1 Å². The predicted octanol–water partition coefficient (Wildman–Crippen LogP) is 2.43. The Bertz CT molecular complexity index is 409. The first kappa shape index (κ1) is 13.4. The van der Waals surface area contributed by atoms with Gasteiger partial charge in [-0.2, -0.15) is 0 Å². The minimum absolute atomic E-state index is 0.491. The molecule has 1 atom stereocenters. The van der Waals surface area contributed by atoms with Crippen LogP contribution in [0.4, 0.5) is 0 Å². The lowest BCUT2D eigenvalue weighted by Gasteiger charge is -2.17. The van der Waals surface area contributed by atoms with Crippen LogP contribution in [0.1, 0.15) is 43.9 Å². The van der Waals surface area contributed by atoms with E-state index in [1.165, 1.54) is 17.5 Å². The average molecular weight is 249 g/mol. The van der Waals surface area contributed by atoms with E-state index in [-0.39, 0.29) is 0 Å². The molecule has 3 nitrogen and oxygen atoms in total. The molecule has 1 aromatic carbocycles. The number of benzene rings is 1. The van der Waals surface area contributed by atoms with Crippen LogP contribution < -0.4 is 10.1 Å². The normalized spacial score (nSPS) is 18.8. The van der Waals surface area contributed by atoms with Crippen molar-refractivity contribution in [3.63, 3.8) is 0 Å². The molecule has 0 amide bonds. The fourth-order valence-electron chi connectivity index (χ4n) is 2.40. The van der Waals surface area contributed by atoms with E-state index in [9.17, 15) is 5.11 Å². The minimum Gasteiger partial charge on any atom is -0.493 e. The van der Waals surface area contributed by atoms with Gasteiger partial charge in [-0.25, -0.2) is 0 Å². The molecule has 2 rings (SSSR count). The molecule has 0 aromatic heterocycles. The van der Waals surface area contributed by atoms with E-state index in [1.54, 1.807) is 13.8 Å². The lowest BCUT2D eigenvalue weighted by molar-refractivity contribution is 0.0553. The Morgan fingerprint density at radius 3 is 2.89 bits per heavy atom. The molecular weight excluding hydrogens is 226 g/mol. The van der Waals surface area contributed by atoms with Crippen molar-refractivity contribution in [2.45, 2.75) is 44.8 Å². The van der Waals surface area contributed by atoms with Crippen LogP contribution in [0.5, 0.6) is 5.75 Å². The van der Waals surface area contributed by atoms with Crippen LogP contribution in [0.3, 0.4) is 0 Å². The zero-order valence-electron chi connectivity index (χ0n) is 11.5. The summed E-state index contributed by atoms with van der Waals surface area (Å²) in [6.45, 7) is 4.16. The highest BCUT2D eigenvalue weighted by atomic mass is 16.5. The molecule has 0 radical (unpaired) electrons. The maximum atomic E-state index is 9.63. The van der Waals surface area contributed by atoms with Gasteiger partial charge in [-0.3, -0.25) is 0 Å². The van der Waals surface area contributed by atoms with Gasteiger partial charge in [-0.1, -0.05) is 6.07 Å². The van der Waals surface area contributed by atoms with Crippen LogP contribution in [-0.4, -0.2) is 24.4 Å². The van der Waals surface area contributed by atoms with Gasteiger partial charge in [0.2, 0.25) is 0 Å². The van der Waals surface area contributed by atoms with Gasteiger partial charge in [-0.05, 0) is 57.0 Å². The van der Waals surface area contributed by atoms with Crippen molar-refractivity contribution in [3.8, 4) is 5.75 Å². The van der Waals surface area contributed by atoms with Gasteiger partial charge in [0.25, 0.3) is 0 Å². The Kier molecular flexibility index (Phi) is 3.93. The molecule has 0 bridgehead atoms. The van der Waals surface area contributed by atoms with Crippen molar-refractivity contribution >= 4 is 0 Å². The summed E-state index contributed by atoms with van der Waals surface area (Å²) in [6, 6.07) is 6.81. The van der Waals surface area contributed by atoms with Crippen molar-refractivity contribution in [1.82, 2.24) is 5.32 Å². The van der Waals surface area contributed by atoms with Crippen molar-refractivity contribution < 1.29 is 9.84 Å². The Labute approximate surface area is 109 Å². The van der Waals surface area contributed by atoms with E-state index in [2.05, 4.69) is 17.4 Å². The smallest absolute Gasteiger partial charge is 0.119 e. The molecule has 0 fully saturated rings. The third-order valence-corrected chi connectivity index (χ3v) is 3.52. The SMILES string of the molecule is CNC1CCc2cc(OCCC(C)(C)O)ccc21. The molecule has 0 saturated heterocycles. The number of hydrogen-bond donors (Lipinski definition) is 2. The largest absolute Gasteiger partial charge is 0.493 e. The number of hydrogen-bond acceptors (Lipinski definition) is 3. The first-order valence-corrected chi connectivity index (χ1v) is 6.65. The maximum Gasteiger partial charge on any atom is 0.119 e. The molecule has 1 aromatic rings. The standard InChI is InChI=1S/C15H23NO2/c1-15(2,17)8-9-18-12-5-6-13-11(10-12)4-7-14(13)16-3/h5-6,10,14,16-17H,4,7-9H2,1-3H3. The summed E-state index contributed by atoms with van der Waals surface area (Å²) in [5.41, 5.74) is 2.12. The first-order chi connectivity index (χ1) is 8.49. The quantitative estimate of drug-likeness (QED) is 0.842.